The molecule has 0 spiro atoms. The fraction of sp³-hybridized carbons (Fsp3) is 0.889. The van der Waals surface area contributed by atoms with E-state index in [0.717, 1.165) is 0 Å². The predicted octanol–water partition coefficient (Wildman–Crippen LogP) is -0.261. The average Bonchev–Trinajstić information content (AvgIpc) is 2.03. The van der Waals surface area contributed by atoms with Crippen LogP contribution in [0.25, 0.3) is 0 Å². The van der Waals surface area contributed by atoms with Crippen LogP contribution in [0.3, 0.4) is 0 Å². The lowest BCUT2D eigenvalue weighted by Crippen LogP contribution is -2.49. The maximum absolute atomic E-state index is 11.4. The van der Waals surface area contributed by atoms with Gasteiger partial charge in [-0.25, -0.2) is 0 Å². The number of aliphatic hydroxyl groups excluding tert-OH is 2. The molecule has 1 amide bonds. The number of amides is 1. The Labute approximate surface area is 78.2 Å². The average molecular weight is 187 g/mol. The summed E-state index contributed by atoms with van der Waals surface area (Å²) < 4.78 is 0. The molecule has 1 rings (SSSR count). The Kier molecular flexibility index (Phi) is 3.27. The van der Waals surface area contributed by atoms with Crippen molar-refractivity contribution >= 4 is 5.91 Å². The minimum Gasteiger partial charge on any atom is -0.393 e. The Morgan fingerprint density at radius 1 is 1.62 bits per heavy atom. The maximum atomic E-state index is 11.4. The first kappa shape index (κ1) is 10.5. The topological polar surface area (TPSA) is 60.8 Å². The molecule has 1 saturated heterocycles. The molecule has 0 aromatic rings. The van der Waals surface area contributed by atoms with E-state index in [1.165, 1.54) is 6.92 Å². The Balaban J connectivity index is 2.56. The molecule has 1 aliphatic heterocycles. The molecule has 0 aromatic carbocycles. The molecule has 1 aliphatic rings. The Bertz CT molecular complexity index is 193. The highest BCUT2D eigenvalue weighted by atomic mass is 16.3. The number of piperidine rings is 1. The summed E-state index contributed by atoms with van der Waals surface area (Å²) in [6.45, 7) is 3.91. The molecule has 0 saturated carbocycles. The van der Waals surface area contributed by atoms with Gasteiger partial charge in [0.15, 0.2) is 0 Å². The second kappa shape index (κ2) is 4.07. The summed E-state index contributed by atoms with van der Waals surface area (Å²) in [7, 11) is 0. The van der Waals surface area contributed by atoms with E-state index in [-0.39, 0.29) is 18.1 Å². The summed E-state index contributed by atoms with van der Waals surface area (Å²) in [5.74, 6) is -0.237. The van der Waals surface area contributed by atoms with E-state index >= 15 is 0 Å². The van der Waals surface area contributed by atoms with Crippen molar-refractivity contribution in [2.75, 3.05) is 6.54 Å². The third-order valence-electron chi connectivity index (χ3n) is 2.49. The van der Waals surface area contributed by atoms with E-state index in [4.69, 9.17) is 5.11 Å². The van der Waals surface area contributed by atoms with Gasteiger partial charge in [-0.2, -0.15) is 0 Å². The Morgan fingerprint density at radius 3 is 2.69 bits per heavy atom. The third kappa shape index (κ3) is 2.42. The zero-order valence-corrected chi connectivity index (χ0v) is 8.10. The second-order valence-corrected chi connectivity index (χ2v) is 3.73. The zero-order chi connectivity index (χ0) is 10.0. The normalized spacial score (nSPS) is 31.5. The van der Waals surface area contributed by atoms with Gasteiger partial charge < -0.3 is 15.1 Å². The monoisotopic (exact) mass is 187 g/mol. The molecular formula is C9H17NO3. The second-order valence-electron chi connectivity index (χ2n) is 3.73. The summed E-state index contributed by atoms with van der Waals surface area (Å²) in [6, 6.07) is 0.0332. The van der Waals surface area contributed by atoms with Crippen LogP contribution in [-0.4, -0.2) is 45.8 Å². The van der Waals surface area contributed by atoms with E-state index in [9.17, 15) is 9.90 Å². The number of carbonyl (C=O) groups is 1. The maximum Gasteiger partial charge on any atom is 0.251 e. The number of aliphatic hydroxyl groups is 2. The summed E-state index contributed by atoms with van der Waals surface area (Å²) in [5, 5.41) is 18.4. The highest BCUT2D eigenvalue weighted by molar-refractivity contribution is 5.80. The van der Waals surface area contributed by atoms with Crippen LogP contribution >= 0.6 is 0 Å². The number of likely N-dealkylation sites (tertiary alicyclic amines) is 1. The third-order valence-corrected chi connectivity index (χ3v) is 2.49. The molecule has 2 N–H and O–H groups in total. The van der Waals surface area contributed by atoms with Gasteiger partial charge in [0.25, 0.3) is 5.91 Å². The number of carbonyl (C=O) groups excluding carboxylic acids is 1. The minimum absolute atomic E-state index is 0.0332. The SMILES string of the molecule is CC1CC(O)CCN1C(=O)[C@@H](C)O. The Hall–Kier alpha value is -0.610. The van der Waals surface area contributed by atoms with Crippen LogP contribution in [0.15, 0.2) is 0 Å². The van der Waals surface area contributed by atoms with Crippen LogP contribution in [0.1, 0.15) is 26.7 Å². The lowest BCUT2D eigenvalue weighted by Gasteiger charge is -2.36. The number of rotatable bonds is 1. The Morgan fingerprint density at radius 2 is 2.23 bits per heavy atom. The van der Waals surface area contributed by atoms with Gasteiger partial charge in [0.1, 0.15) is 6.10 Å². The predicted molar refractivity (Wildman–Crippen MR) is 48.1 cm³/mol. The van der Waals surface area contributed by atoms with E-state index in [2.05, 4.69) is 0 Å². The van der Waals surface area contributed by atoms with Gasteiger partial charge in [0, 0.05) is 12.6 Å². The van der Waals surface area contributed by atoms with E-state index in [0.29, 0.717) is 19.4 Å². The van der Waals surface area contributed by atoms with Crippen molar-refractivity contribution in [3.63, 3.8) is 0 Å². The highest BCUT2D eigenvalue weighted by Gasteiger charge is 2.29. The van der Waals surface area contributed by atoms with Crippen LogP contribution < -0.4 is 0 Å². The van der Waals surface area contributed by atoms with Crippen molar-refractivity contribution in [3.8, 4) is 0 Å². The van der Waals surface area contributed by atoms with E-state index < -0.39 is 6.10 Å². The molecule has 2 unspecified atom stereocenters. The van der Waals surface area contributed by atoms with Gasteiger partial charge in [-0.3, -0.25) is 4.79 Å². The van der Waals surface area contributed by atoms with Gasteiger partial charge in [0.2, 0.25) is 0 Å². The number of nitrogens with zero attached hydrogens (tertiary/aromatic N) is 1. The molecule has 1 heterocycles. The zero-order valence-electron chi connectivity index (χ0n) is 8.10. The van der Waals surface area contributed by atoms with Crippen molar-refractivity contribution in [3.05, 3.63) is 0 Å². The van der Waals surface area contributed by atoms with Gasteiger partial charge in [-0.15, -0.1) is 0 Å². The molecule has 0 aliphatic carbocycles. The van der Waals surface area contributed by atoms with Crippen molar-refractivity contribution < 1.29 is 15.0 Å². The molecule has 0 radical (unpaired) electrons. The van der Waals surface area contributed by atoms with Crippen LogP contribution in [-0.2, 0) is 4.79 Å². The van der Waals surface area contributed by atoms with Gasteiger partial charge in [-0.1, -0.05) is 0 Å². The first-order chi connectivity index (χ1) is 6.02. The molecule has 0 bridgehead atoms. The summed E-state index contributed by atoms with van der Waals surface area (Å²) in [6.07, 6.45) is -0.00732. The first-order valence-corrected chi connectivity index (χ1v) is 4.69. The number of hydrogen-bond donors (Lipinski definition) is 2. The molecular weight excluding hydrogens is 170 g/mol. The summed E-state index contributed by atoms with van der Waals surface area (Å²) >= 11 is 0. The molecule has 4 heteroatoms. The van der Waals surface area contributed by atoms with Crippen LogP contribution in [0.5, 0.6) is 0 Å². The van der Waals surface area contributed by atoms with Crippen LogP contribution in [0.2, 0.25) is 0 Å². The molecule has 0 aromatic heterocycles. The first-order valence-electron chi connectivity index (χ1n) is 4.69. The van der Waals surface area contributed by atoms with E-state index in [1.54, 1.807) is 4.90 Å². The minimum atomic E-state index is -0.933. The summed E-state index contributed by atoms with van der Waals surface area (Å²) in [4.78, 5) is 13.0. The summed E-state index contributed by atoms with van der Waals surface area (Å²) in [5.41, 5.74) is 0. The molecule has 4 nitrogen and oxygen atoms in total. The van der Waals surface area contributed by atoms with Crippen molar-refractivity contribution in [2.45, 2.75) is 44.9 Å². The van der Waals surface area contributed by atoms with Gasteiger partial charge in [0.05, 0.1) is 6.10 Å². The molecule has 13 heavy (non-hydrogen) atoms. The van der Waals surface area contributed by atoms with Crippen molar-refractivity contribution in [1.29, 1.82) is 0 Å². The standard InChI is InChI=1S/C9H17NO3/c1-6-5-8(12)3-4-10(6)9(13)7(2)11/h6-8,11-12H,3-5H2,1-2H3/t6?,7-,8?/m1/s1. The largest absolute Gasteiger partial charge is 0.393 e. The van der Waals surface area contributed by atoms with Gasteiger partial charge >= 0.3 is 0 Å². The van der Waals surface area contributed by atoms with E-state index in [1.807, 2.05) is 6.92 Å². The fourth-order valence-corrected chi connectivity index (χ4v) is 1.71. The van der Waals surface area contributed by atoms with Crippen molar-refractivity contribution in [2.24, 2.45) is 0 Å². The van der Waals surface area contributed by atoms with Crippen molar-refractivity contribution in [1.82, 2.24) is 4.90 Å². The van der Waals surface area contributed by atoms with Crippen LogP contribution in [0.4, 0.5) is 0 Å². The molecule has 3 atom stereocenters. The highest BCUT2D eigenvalue weighted by Crippen LogP contribution is 2.17. The lowest BCUT2D eigenvalue weighted by atomic mass is 10.0. The molecule has 76 valence electrons. The number of hydrogen-bond acceptors (Lipinski definition) is 3. The smallest absolute Gasteiger partial charge is 0.251 e. The molecule has 1 fully saturated rings. The fourth-order valence-electron chi connectivity index (χ4n) is 1.71. The lowest BCUT2D eigenvalue weighted by molar-refractivity contribution is -0.144. The quantitative estimate of drug-likeness (QED) is 0.594. The van der Waals surface area contributed by atoms with Crippen LogP contribution in [0, 0.1) is 0 Å². The van der Waals surface area contributed by atoms with Gasteiger partial charge in [-0.05, 0) is 26.7 Å².